The quantitative estimate of drug-likeness (QED) is 0.544. The van der Waals surface area contributed by atoms with Crippen molar-refractivity contribution in [3.63, 3.8) is 0 Å². The molecule has 0 saturated carbocycles. The van der Waals surface area contributed by atoms with Crippen LogP contribution in [-0.4, -0.2) is 20.6 Å². The number of allylic oxidation sites excluding steroid dienone is 2. The molecule has 0 aromatic heterocycles. The third-order valence-electron chi connectivity index (χ3n) is 5.74. The molecule has 4 nitrogen and oxygen atoms in total. The van der Waals surface area contributed by atoms with E-state index in [1.165, 1.54) is 18.4 Å². The molecule has 0 heterocycles. The Bertz CT molecular complexity index is 1370. The molecule has 1 N–H and O–H groups in total. The SMILES string of the molecule is CC1=C(CC(=O)NCc2ccccc2)c2cc(F)ccc2/C1=C\c1ccc(S(C)(=O)=O)cc1. The Kier molecular flexibility index (Phi) is 6.29. The molecule has 4 rings (SSSR count). The van der Waals surface area contributed by atoms with Gasteiger partial charge in [-0.15, -0.1) is 0 Å². The van der Waals surface area contributed by atoms with Gasteiger partial charge in [-0.2, -0.15) is 0 Å². The zero-order valence-electron chi connectivity index (χ0n) is 18.4. The molecule has 1 aliphatic rings. The maximum Gasteiger partial charge on any atom is 0.224 e. The Morgan fingerprint density at radius 1 is 0.970 bits per heavy atom. The van der Waals surface area contributed by atoms with E-state index in [4.69, 9.17) is 0 Å². The number of rotatable bonds is 6. The number of fused-ring (bicyclic) bond motifs is 1. The summed E-state index contributed by atoms with van der Waals surface area (Å²) in [6.07, 6.45) is 3.25. The minimum absolute atomic E-state index is 0.137. The smallest absolute Gasteiger partial charge is 0.224 e. The second-order valence-corrected chi connectivity index (χ2v) is 10.1. The van der Waals surface area contributed by atoms with Crippen LogP contribution >= 0.6 is 0 Å². The van der Waals surface area contributed by atoms with Crippen LogP contribution in [0.5, 0.6) is 0 Å². The highest BCUT2D eigenvalue weighted by atomic mass is 32.2. The molecule has 0 fully saturated rings. The molecule has 0 aliphatic heterocycles. The summed E-state index contributed by atoms with van der Waals surface area (Å²) in [4.78, 5) is 12.9. The summed E-state index contributed by atoms with van der Waals surface area (Å²) in [6, 6.07) is 20.9. The van der Waals surface area contributed by atoms with Crippen molar-refractivity contribution in [2.24, 2.45) is 0 Å². The van der Waals surface area contributed by atoms with Gasteiger partial charge in [-0.3, -0.25) is 4.79 Å². The van der Waals surface area contributed by atoms with E-state index >= 15 is 0 Å². The number of sulfone groups is 1. The van der Waals surface area contributed by atoms with Crippen molar-refractivity contribution in [1.29, 1.82) is 0 Å². The molecule has 6 heteroatoms. The minimum Gasteiger partial charge on any atom is -0.352 e. The first-order valence-corrected chi connectivity index (χ1v) is 12.4. The first kappa shape index (κ1) is 22.7. The number of carbonyl (C=O) groups is 1. The highest BCUT2D eigenvalue weighted by Crippen LogP contribution is 2.43. The molecule has 0 spiro atoms. The molecule has 33 heavy (non-hydrogen) atoms. The van der Waals surface area contributed by atoms with E-state index in [2.05, 4.69) is 5.32 Å². The Morgan fingerprint density at radius 3 is 2.33 bits per heavy atom. The lowest BCUT2D eigenvalue weighted by atomic mass is 10.0. The molecule has 3 aromatic carbocycles. The monoisotopic (exact) mass is 461 g/mol. The van der Waals surface area contributed by atoms with Crippen molar-refractivity contribution in [2.45, 2.75) is 24.8 Å². The molecule has 1 aliphatic carbocycles. The highest BCUT2D eigenvalue weighted by molar-refractivity contribution is 7.90. The second-order valence-electron chi connectivity index (χ2n) is 8.13. The number of benzene rings is 3. The van der Waals surface area contributed by atoms with Gasteiger partial charge in [0.05, 0.1) is 11.3 Å². The Hall–Kier alpha value is -3.51. The van der Waals surface area contributed by atoms with Crippen LogP contribution in [-0.2, 0) is 21.2 Å². The minimum atomic E-state index is -3.28. The normalized spacial score (nSPS) is 14.5. The van der Waals surface area contributed by atoms with Crippen LogP contribution < -0.4 is 5.32 Å². The van der Waals surface area contributed by atoms with Crippen molar-refractivity contribution in [3.05, 3.63) is 106 Å². The van der Waals surface area contributed by atoms with E-state index in [1.54, 1.807) is 30.3 Å². The van der Waals surface area contributed by atoms with Crippen molar-refractivity contribution >= 4 is 33.0 Å². The van der Waals surface area contributed by atoms with Crippen LogP contribution in [0.15, 0.2) is 83.3 Å². The van der Waals surface area contributed by atoms with Crippen molar-refractivity contribution in [3.8, 4) is 0 Å². The molecule has 0 atom stereocenters. The zero-order chi connectivity index (χ0) is 23.6. The van der Waals surface area contributed by atoms with Crippen molar-refractivity contribution in [2.75, 3.05) is 6.26 Å². The summed E-state index contributed by atoms with van der Waals surface area (Å²) in [7, 11) is -3.28. The maximum atomic E-state index is 14.1. The van der Waals surface area contributed by atoms with Gasteiger partial charge in [0.1, 0.15) is 5.82 Å². The van der Waals surface area contributed by atoms with E-state index < -0.39 is 9.84 Å². The molecular formula is C27H24FNO3S. The fraction of sp³-hybridized carbons (Fsp3) is 0.148. The van der Waals surface area contributed by atoms with Crippen LogP contribution in [0.2, 0.25) is 0 Å². The van der Waals surface area contributed by atoms with E-state index in [9.17, 15) is 17.6 Å². The average Bonchev–Trinajstić information content (AvgIpc) is 3.03. The summed E-state index contributed by atoms with van der Waals surface area (Å²) in [6.45, 7) is 2.35. The van der Waals surface area contributed by atoms with E-state index in [-0.39, 0.29) is 23.0 Å². The van der Waals surface area contributed by atoms with Gasteiger partial charge in [0.15, 0.2) is 9.84 Å². The highest BCUT2D eigenvalue weighted by Gasteiger charge is 2.25. The van der Waals surface area contributed by atoms with Gasteiger partial charge in [-0.05, 0) is 76.2 Å². The number of hydrogen-bond donors (Lipinski definition) is 1. The Balaban J connectivity index is 1.63. The molecule has 0 radical (unpaired) electrons. The summed E-state index contributed by atoms with van der Waals surface area (Å²) >= 11 is 0. The topological polar surface area (TPSA) is 63.2 Å². The molecular weight excluding hydrogens is 437 g/mol. The molecule has 168 valence electrons. The third kappa shape index (κ3) is 5.12. The Morgan fingerprint density at radius 2 is 1.67 bits per heavy atom. The number of carbonyl (C=O) groups excluding carboxylic acids is 1. The van der Waals surface area contributed by atoms with Crippen LogP contribution in [0.4, 0.5) is 4.39 Å². The van der Waals surface area contributed by atoms with Gasteiger partial charge in [-0.25, -0.2) is 12.8 Å². The largest absolute Gasteiger partial charge is 0.352 e. The molecule has 0 bridgehead atoms. The van der Waals surface area contributed by atoms with E-state index in [1.807, 2.05) is 43.3 Å². The Labute approximate surface area is 193 Å². The van der Waals surface area contributed by atoms with E-state index in [0.717, 1.165) is 33.4 Å². The van der Waals surface area contributed by atoms with Crippen LogP contribution in [0, 0.1) is 5.82 Å². The zero-order valence-corrected chi connectivity index (χ0v) is 19.2. The molecule has 3 aromatic rings. The number of amides is 1. The van der Waals surface area contributed by atoms with Gasteiger partial charge in [0, 0.05) is 12.8 Å². The predicted molar refractivity (Wildman–Crippen MR) is 129 cm³/mol. The summed E-state index contributed by atoms with van der Waals surface area (Å²) in [5.41, 5.74) is 5.97. The molecule has 0 unspecified atom stereocenters. The molecule has 0 saturated heterocycles. The van der Waals surface area contributed by atoms with Gasteiger partial charge in [0.2, 0.25) is 5.91 Å². The van der Waals surface area contributed by atoms with Crippen LogP contribution in [0.1, 0.15) is 35.6 Å². The van der Waals surface area contributed by atoms with Crippen LogP contribution in [0.25, 0.3) is 17.2 Å². The lowest BCUT2D eigenvalue weighted by Crippen LogP contribution is -2.22. The van der Waals surface area contributed by atoms with Crippen molar-refractivity contribution < 1.29 is 17.6 Å². The lowest BCUT2D eigenvalue weighted by molar-refractivity contribution is -0.120. The fourth-order valence-electron chi connectivity index (χ4n) is 3.98. The number of halogens is 1. The first-order valence-electron chi connectivity index (χ1n) is 10.6. The summed E-state index contributed by atoms with van der Waals surface area (Å²) in [5.74, 6) is -0.496. The fourth-order valence-corrected chi connectivity index (χ4v) is 4.61. The van der Waals surface area contributed by atoms with E-state index in [0.29, 0.717) is 12.1 Å². The molecule has 1 amide bonds. The van der Waals surface area contributed by atoms with Gasteiger partial charge >= 0.3 is 0 Å². The predicted octanol–water partition coefficient (Wildman–Crippen LogP) is 5.26. The van der Waals surface area contributed by atoms with Gasteiger partial charge in [-0.1, -0.05) is 48.5 Å². The standard InChI is InChI=1S/C27H24FNO3S/c1-18-24(14-19-8-11-22(12-9-19)33(2,31)32)23-13-10-21(28)15-26(23)25(18)16-27(30)29-17-20-6-4-3-5-7-20/h3-15H,16-17H2,1-2H3,(H,29,30)/b24-14-. The third-order valence-corrected chi connectivity index (χ3v) is 6.87. The number of nitrogens with one attached hydrogen (secondary N) is 1. The lowest BCUT2D eigenvalue weighted by Gasteiger charge is -2.08. The van der Waals surface area contributed by atoms with Gasteiger partial charge in [0.25, 0.3) is 0 Å². The van der Waals surface area contributed by atoms with Crippen LogP contribution in [0.3, 0.4) is 0 Å². The second kappa shape index (κ2) is 9.16. The number of hydrogen-bond acceptors (Lipinski definition) is 3. The average molecular weight is 462 g/mol. The van der Waals surface area contributed by atoms with Gasteiger partial charge < -0.3 is 5.32 Å². The summed E-state index contributed by atoms with van der Waals surface area (Å²) < 4.78 is 37.5. The summed E-state index contributed by atoms with van der Waals surface area (Å²) in [5, 5.41) is 2.93. The van der Waals surface area contributed by atoms with Crippen molar-refractivity contribution in [1.82, 2.24) is 5.32 Å². The maximum absolute atomic E-state index is 14.1. The first-order chi connectivity index (χ1) is 15.7.